The SMILES string of the molecule is CC(C)[C@H](NC(=O)OCC1c2ccccc2-c2ccccc21)C(=O)N1CC2CC1C2C(=O)O. The molecule has 6 rings (SSSR count). The van der Waals surface area contributed by atoms with Gasteiger partial charge in [-0.15, -0.1) is 0 Å². The smallest absolute Gasteiger partial charge is 0.407 e. The number of amides is 2. The lowest BCUT2D eigenvalue weighted by atomic mass is 9.74. The molecule has 172 valence electrons. The van der Waals surface area contributed by atoms with Crippen LogP contribution in [-0.2, 0) is 14.3 Å². The number of carboxylic acid groups (broad SMARTS) is 1. The Morgan fingerprint density at radius 3 is 2.21 bits per heavy atom. The minimum Gasteiger partial charge on any atom is -0.481 e. The average Bonchev–Trinajstić information content (AvgIpc) is 3.46. The summed E-state index contributed by atoms with van der Waals surface area (Å²) in [6.45, 7) is 4.34. The maximum atomic E-state index is 13.2. The molecule has 2 heterocycles. The van der Waals surface area contributed by atoms with E-state index in [1.54, 1.807) is 4.90 Å². The molecular formula is C26H28N2O5. The Kier molecular flexibility index (Phi) is 5.35. The van der Waals surface area contributed by atoms with E-state index in [0.717, 1.165) is 28.7 Å². The van der Waals surface area contributed by atoms with E-state index in [9.17, 15) is 19.5 Å². The fourth-order valence-electron chi connectivity index (χ4n) is 5.70. The number of alkyl carbamates (subject to hydrolysis) is 1. The van der Waals surface area contributed by atoms with Crippen molar-refractivity contribution in [2.45, 2.75) is 38.3 Å². The highest BCUT2D eigenvalue weighted by atomic mass is 16.5. The number of benzene rings is 2. The Morgan fingerprint density at radius 2 is 1.67 bits per heavy atom. The van der Waals surface area contributed by atoms with Crippen LogP contribution in [0.2, 0.25) is 0 Å². The Morgan fingerprint density at radius 1 is 1.06 bits per heavy atom. The quantitative estimate of drug-likeness (QED) is 0.705. The second-order valence-corrected chi connectivity index (χ2v) is 9.61. The fraction of sp³-hybridized carbons (Fsp3) is 0.423. The summed E-state index contributed by atoms with van der Waals surface area (Å²) in [5.41, 5.74) is 4.55. The Labute approximate surface area is 192 Å². The second-order valence-electron chi connectivity index (χ2n) is 9.61. The van der Waals surface area contributed by atoms with Crippen molar-refractivity contribution in [3.8, 4) is 11.1 Å². The summed E-state index contributed by atoms with van der Waals surface area (Å²) in [4.78, 5) is 39.0. The summed E-state index contributed by atoms with van der Waals surface area (Å²) in [6.07, 6.45) is 0.0867. The number of ether oxygens (including phenoxy) is 1. The lowest BCUT2D eigenvalue weighted by molar-refractivity contribution is -0.148. The van der Waals surface area contributed by atoms with E-state index in [-0.39, 0.29) is 36.3 Å². The van der Waals surface area contributed by atoms with Crippen LogP contribution in [0.5, 0.6) is 0 Å². The molecule has 7 heteroatoms. The number of nitrogens with zero attached hydrogens (tertiary/aromatic N) is 1. The van der Waals surface area contributed by atoms with Crippen molar-refractivity contribution in [3.63, 3.8) is 0 Å². The molecule has 7 nitrogen and oxygen atoms in total. The maximum Gasteiger partial charge on any atom is 0.407 e. The van der Waals surface area contributed by atoms with Crippen LogP contribution in [-0.4, -0.2) is 53.2 Å². The zero-order valence-electron chi connectivity index (χ0n) is 18.7. The number of carbonyl (C=O) groups is 3. The normalized spacial score (nSPS) is 23.5. The van der Waals surface area contributed by atoms with Crippen LogP contribution in [0.15, 0.2) is 48.5 Å². The van der Waals surface area contributed by atoms with Crippen molar-refractivity contribution >= 4 is 18.0 Å². The molecule has 0 aromatic heterocycles. The first-order valence-corrected chi connectivity index (χ1v) is 11.5. The molecule has 33 heavy (non-hydrogen) atoms. The maximum absolute atomic E-state index is 13.2. The van der Waals surface area contributed by atoms with Gasteiger partial charge in [-0.2, -0.15) is 0 Å². The summed E-state index contributed by atoms with van der Waals surface area (Å²) < 4.78 is 5.61. The molecule has 3 fully saturated rings. The summed E-state index contributed by atoms with van der Waals surface area (Å²) >= 11 is 0. The minimum absolute atomic E-state index is 0.0127. The van der Waals surface area contributed by atoms with E-state index in [4.69, 9.17) is 4.74 Å². The summed E-state index contributed by atoms with van der Waals surface area (Å²) in [6, 6.07) is 15.2. The van der Waals surface area contributed by atoms with Crippen LogP contribution in [0.4, 0.5) is 4.79 Å². The van der Waals surface area contributed by atoms with E-state index < -0.39 is 24.0 Å². The molecule has 2 bridgehead atoms. The van der Waals surface area contributed by atoms with Crippen LogP contribution in [0.25, 0.3) is 11.1 Å². The lowest BCUT2D eigenvalue weighted by Gasteiger charge is -2.34. The number of nitrogens with one attached hydrogen (secondary N) is 1. The number of hydrogen-bond acceptors (Lipinski definition) is 4. The molecule has 0 spiro atoms. The molecule has 3 unspecified atom stereocenters. The first kappa shape index (κ1) is 21.5. The molecule has 0 radical (unpaired) electrons. The summed E-state index contributed by atoms with van der Waals surface area (Å²) in [7, 11) is 0. The highest BCUT2D eigenvalue weighted by Crippen LogP contribution is 2.47. The molecule has 2 aromatic rings. The second kappa shape index (κ2) is 8.21. The van der Waals surface area contributed by atoms with Crippen molar-refractivity contribution in [3.05, 3.63) is 59.7 Å². The number of carboxylic acids is 1. The van der Waals surface area contributed by atoms with E-state index in [1.165, 1.54) is 0 Å². The molecule has 2 saturated heterocycles. The number of aliphatic carboxylic acids is 1. The summed E-state index contributed by atoms with van der Waals surface area (Å²) in [5.74, 6) is -1.76. The van der Waals surface area contributed by atoms with Crippen molar-refractivity contribution in [1.82, 2.24) is 10.2 Å². The monoisotopic (exact) mass is 448 g/mol. The molecule has 4 aliphatic rings. The van der Waals surface area contributed by atoms with Crippen molar-refractivity contribution in [2.75, 3.05) is 13.2 Å². The van der Waals surface area contributed by atoms with Gasteiger partial charge in [-0.05, 0) is 40.5 Å². The van der Waals surface area contributed by atoms with Crippen molar-refractivity contribution in [2.24, 2.45) is 17.8 Å². The third kappa shape index (κ3) is 3.56. The van der Waals surface area contributed by atoms with Crippen LogP contribution >= 0.6 is 0 Å². The van der Waals surface area contributed by atoms with Gasteiger partial charge in [0.1, 0.15) is 12.6 Å². The third-order valence-electron chi connectivity index (χ3n) is 7.42. The van der Waals surface area contributed by atoms with Crippen LogP contribution < -0.4 is 5.32 Å². The third-order valence-corrected chi connectivity index (χ3v) is 7.42. The van der Waals surface area contributed by atoms with Gasteiger partial charge in [-0.1, -0.05) is 62.4 Å². The predicted octanol–water partition coefficient (Wildman–Crippen LogP) is 3.48. The van der Waals surface area contributed by atoms with Gasteiger partial charge in [0.05, 0.1) is 5.92 Å². The van der Waals surface area contributed by atoms with Crippen LogP contribution in [0.3, 0.4) is 0 Å². The largest absolute Gasteiger partial charge is 0.481 e. The van der Waals surface area contributed by atoms with Gasteiger partial charge < -0.3 is 20.1 Å². The average molecular weight is 449 g/mol. The van der Waals surface area contributed by atoms with Gasteiger partial charge in [0.2, 0.25) is 5.91 Å². The van der Waals surface area contributed by atoms with Crippen LogP contribution in [0, 0.1) is 17.8 Å². The molecule has 1 saturated carbocycles. The number of fused-ring (bicyclic) bond motifs is 4. The zero-order chi connectivity index (χ0) is 23.3. The van der Waals surface area contributed by atoms with Gasteiger partial charge in [0.15, 0.2) is 0 Å². The molecule has 2 aliphatic heterocycles. The standard InChI is InChI=1S/C26H28N2O5/c1-14(2)23(24(29)28-12-15-11-21(28)22(15)25(30)31)27-26(32)33-13-20-18-9-5-3-7-16(18)17-8-4-6-10-19(17)20/h3-10,14-15,20-23H,11-13H2,1-2H3,(H,27,32)(H,30,31)/t15?,21?,22?,23-/m0/s1. The first-order valence-electron chi connectivity index (χ1n) is 11.5. The first-order chi connectivity index (χ1) is 15.9. The van der Waals surface area contributed by atoms with Gasteiger partial charge >= 0.3 is 12.1 Å². The Hall–Kier alpha value is -3.35. The topological polar surface area (TPSA) is 95.9 Å². The number of rotatable bonds is 6. The number of hydrogen-bond donors (Lipinski definition) is 2. The van der Waals surface area contributed by atoms with Crippen LogP contribution in [0.1, 0.15) is 37.3 Å². The van der Waals surface area contributed by atoms with E-state index in [1.807, 2.05) is 38.1 Å². The van der Waals surface area contributed by atoms with Gasteiger partial charge in [-0.25, -0.2) is 4.79 Å². The van der Waals surface area contributed by atoms with Crippen molar-refractivity contribution in [1.29, 1.82) is 0 Å². The fourth-order valence-corrected chi connectivity index (χ4v) is 5.70. The predicted molar refractivity (Wildman–Crippen MR) is 122 cm³/mol. The molecule has 2 amide bonds. The Bertz CT molecular complexity index is 1070. The Balaban J connectivity index is 1.25. The lowest BCUT2D eigenvalue weighted by Crippen LogP contribution is -2.53. The van der Waals surface area contributed by atoms with E-state index >= 15 is 0 Å². The molecule has 2 aliphatic carbocycles. The van der Waals surface area contributed by atoms with Gasteiger partial charge in [0.25, 0.3) is 0 Å². The van der Waals surface area contributed by atoms with Gasteiger partial charge in [-0.3, -0.25) is 9.59 Å². The molecular weight excluding hydrogens is 420 g/mol. The zero-order valence-corrected chi connectivity index (χ0v) is 18.7. The highest BCUT2D eigenvalue weighted by Gasteiger charge is 2.57. The summed E-state index contributed by atoms with van der Waals surface area (Å²) in [5, 5.41) is 12.1. The minimum atomic E-state index is -0.850. The van der Waals surface area contributed by atoms with E-state index in [0.29, 0.717) is 6.54 Å². The molecule has 2 aromatic carbocycles. The molecule has 2 N–H and O–H groups in total. The molecule has 4 atom stereocenters. The van der Waals surface area contributed by atoms with Crippen molar-refractivity contribution < 1.29 is 24.2 Å². The highest BCUT2D eigenvalue weighted by molar-refractivity contribution is 5.88. The van der Waals surface area contributed by atoms with Gasteiger partial charge in [0, 0.05) is 18.5 Å². The number of carbonyl (C=O) groups excluding carboxylic acids is 2. The van der Waals surface area contributed by atoms with E-state index in [2.05, 4.69) is 29.6 Å².